The lowest BCUT2D eigenvalue weighted by atomic mass is 10.2. The van der Waals surface area contributed by atoms with Gasteiger partial charge >= 0.3 is 5.97 Å². The molecule has 0 saturated heterocycles. The van der Waals surface area contributed by atoms with Gasteiger partial charge in [0.15, 0.2) is 24.2 Å². The number of esters is 1. The van der Waals surface area contributed by atoms with Crippen LogP contribution in [0.4, 0.5) is 0 Å². The van der Waals surface area contributed by atoms with Crippen molar-refractivity contribution in [1.82, 2.24) is 4.90 Å². The van der Waals surface area contributed by atoms with Crippen LogP contribution in [0.3, 0.4) is 0 Å². The highest BCUT2D eigenvalue weighted by Gasteiger charge is 2.17. The highest BCUT2D eigenvalue weighted by atomic mass is 16.5. The lowest BCUT2D eigenvalue weighted by Gasteiger charge is -2.16. The Kier molecular flexibility index (Phi) is 7.30. The minimum atomic E-state index is -0.853. The van der Waals surface area contributed by atoms with E-state index in [0.29, 0.717) is 17.1 Å². The second-order valence-electron chi connectivity index (χ2n) is 5.00. The van der Waals surface area contributed by atoms with E-state index in [1.165, 1.54) is 31.1 Å². The van der Waals surface area contributed by atoms with Gasteiger partial charge in [0.05, 0.1) is 7.11 Å². The van der Waals surface area contributed by atoms with Gasteiger partial charge in [0, 0.05) is 20.2 Å². The van der Waals surface area contributed by atoms with E-state index in [2.05, 4.69) is 0 Å². The predicted octanol–water partition coefficient (Wildman–Crippen LogP) is 1.63. The average Bonchev–Trinajstić information content (AvgIpc) is 2.57. The third kappa shape index (κ3) is 5.65. The smallest absolute Gasteiger partial charge is 0.331 e. The summed E-state index contributed by atoms with van der Waals surface area (Å²) in [5.74, 6) is -0.0419. The predicted molar refractivity (Wildman–Crippen MR) is 87.4 cm³/mol. The molecular weight excluding hydrogens is 312 g/mol. The van der Waals surface area contributed by atoms with Crippen LogP contribution in [0.2, 0.25) is 0 Å². The SMILES string of the molecule is COc1cc(/C=C/C(=O)O[C@@H](C)C(=O)N(C)C)ccc1OCC#N. The molecule has 128 valence electrons. The average molecular weight is 332 g/mol. The molecular formula is C17H20N2O5. The topological polar surface area (TPSA) is 88.9 Å². The number of ether oxygens (including phenoxy) is 3. The van der Waals surface area contributed by atoms with Gasteiger partial charge in [-0.15, -0.1) is 0 Å². The van der Waals surface area contributed by atoms with E-state index < -0.39 is 12.1 Å². The number of nitrogens with zero attached hydrogens (tertiary/aromatic N) is 2. The van der Waals surface area contributed by atoms with E-state index in [1.807, 2.05) is 6.07 Å². The molecule has 24 heavy (non-hydrogen) atoms. The molecule has 7 nitrogen and oxygen atoms in total. The molecule has 0 aliphatic heterocycles. The molecule has 0 aliphatic rings. The van der Waals surface area contributed by atoms with Gasteiger partial charge in [-0.2, -0.15) is 5.26 Å². The van der Waals surface area contributed by atoms with Crippen molar-refractivity contribution in [2.24, 2.45) is 0 Å². The van der Waals surface area contributed by atoms with Gasteiger partial charge in [-0.1, -0.05) is 6.07 Å². The van der Waals surface area contributed by atoms with Gasteiger partial charge in [-0.3, -0.25) is 4.79 Å². The normalized spacial score (nSPS) is 11.5. The van der Waals surface area contributed by atoms with Crippen LogP contribution in [0.1, 0.15) is 12.5 Å². The summed E-state index contributed by atoms with van der Waals surface area (Å²) in [7, 11) is 4.65. The van der Waals surface area contributed by atoms with Gasteiger partial charge < -0.3 is 19.1 Å². The summed E-state index contributed by atoms with van der Waals surface area (Å²) in [4.78, 5) is 24.7. The van der Waals surface area contributed by atoms with Crippen LogP contribution >= 0.6 is 0 Å². The first-order chi connectivity index (χ1) is 11.4. The number of carbonyl (C=O) groups is 2. The fourth-order valence-electron chi connectivity index (χ4n) is 1.81. The molecule has 1 aromatic rings. The number of methoxy groups -OCH3 is 1. The monoisotopic (exact) mass is 332 g/mol. The van der Waals surface area contributed by atoms with Crippen LogP contribution in [-0.4, -0.2) is 50.7 Å². The zero-order valence-electron chi connectivity index (χ0n) is 14.1. The van der Waals surface area contributed by atoms with Crippen molar-refractivity contribution in [3.8, 4) is 17.6 Å². The third-order valence-electron chi connectivity index (χ3n) is 2.97. The maximum atomic E-state index is 11.7. The summed E-state index contributed by atoms with van der Waals surface area (Å²) < 4.78 is 15.4. The first-order valence-electron chi connectivity index (χ1n) is 7.16. The molecule has 1 rings (SSSR count). The fourth-order valence-corrected chi connectivity index (χ4v) is 1.81. The Hall–Kier alpha value is -3.01. The number of hydrogen-bond acceptors (Lipinski definition) is 6. The minimum absolute atomic E-state index is 0.0876. The number of benzene rings is 1. The molecule has 0 spiro atoms. The summed E-state index contributed by atoms with van der Waals surface area (Å²) in [6.07, 6.45) is 1.91. The molecule has 0 bridgehead atoms. The Morgan fingerprint density at radius 1 is 1.33 bits per heavy atom. The molecule has 1 aromatic carbocycles. The Labute approximate surface area is 141 Å². The zero-order valence-corrected chi connectivity index (χ0v) is 14.1. The molecule has 0 aromatic heterocycles. The molecule has 0 saturated carbocycles. The minimum Gasteiger partial charge on any atom is -0.493 e. The maximum Gasteiger partial charge on any atom is 0.331 e. The van der Waals surface area contributed by atoms with E-state index in [-0.39, 0.29) is 12.5 Å². The largest absolute Gasteiger partial charge is 0.493 e. The lowest BCUT2D eigenvalue weighted by Crippen LogP contribution is -2.34. The van der Waals surface area contributed by atoms with Gasteiger partial charge in [-0.05, 0) is 30.7 Å². The summed E-state index contributed by atoms with van der Waals surface area (Å²) in [6, 6.07) is 6.87. The standard InChI is InChI=1S/C17H20N2O5/c1-12(17(21)19(2)3)24-16(20)8-6-13-5-7-14(23-10-9-18)15(11-13)22-4/h5-8,11-12H,10H2,1-4H3/b8-6+/t12-/m0/s1. The van der Waals surface area contributed by atoms with Crippen LogP contribution in [0.25, 0.3) is 6.08 Å². The summed E-state index contributed by atoms with van der Waals surface area (Å²) in [5.41, 5.74) is 0.680. The lowest BCUT2D eigenvalue weighted by molar-refractivity contribution is -0.153. The van der Waals surface area contributed by atoms with Gasteiger partial charge in [-0.25, -0.2) is 4.79 Å². The Morgan fingerprint density at radius 3 is 2.62 bits per heavy atom. The van der Waals surface area contributed by atoms with E-state index in [4.69, 9.17) is 19.5 Å². The first-order valence-corrected chi connectivity index (χ1v) is 7.16. The van der Waals surface area contributed by atoms with Crippen molar-refractivity contribution in [2.75, 3.05) is 27.8 Å². The van der Waals surface area contributed by atoms with Crippen LogP contribution in [0, 0.1) is 11.3 Å². The fraction of sp³-hybridized carbons (Fsp3) is 0.353. The number of rotatable bonds is 7. The molecule has 0 unspecified atom stereocenters. The molecule has 1 atom stereocenters. The van der Waals surface area contributed by atoms with Crippen molar-refractivity contribution < 1.29 is 23.8 Å². The van der Waals surface area contributed by atoms with E-state index in [9.17, 15) is 9.59 Å². The quantitative estimate of drug-likeness (QED) is 0.557. The number of amides is 1. The van der Waals surface area contributed by atoms with Crippen molar-refractivity contribution in [3.05, 3.63) is 29.8 Å². The maximum absolute atomic E-state index is 11.7. The van der Waals surface area contributed by atoms with Crippen LogP contribution in [-0.2, 0) is 14.3 Å². The summed E-state index contributed by atoms with van der Waals surface area (Å²) in [5, 5.41) is 8.53. The summed E-state index contributed by atoms with van der Waals surface area (Å²) in [6.45, 7) is 1.42. The first kappa shape index (κ1) is 19.0. The van der Waals surface area contributed by atoms with E-state index in [1.54, 1.807) is 32.3 Å². The summed E-state index contributed by atoms with van der Waals surface area (Å²) >= 11 is 0. The molecule has 1 amide bonds. The number of likely N-dealkylation sites (N-methyl/N-ethyl adjacent to an activating group) is 1. The Bertz CT molecular complexity index is 661. The van der Waals surface area contributed by atoms with Gasteiger partial charge in [0.25, 0.3) is 5.91 Å². The second kappa shape index (κ2) is 9.20. The van der Waals surface area contributed by atoms with Crippen LogP contribution in [0.5, 0.6) is 11.5 Å². The van der Waals surface area contributed by atoms with Crippen molar-refractivity contribution >= 4 is 18.0 Å². The highest BCUT2D eigenvalue weighted by Crippen LogP contribution is 2.28. The van der Waals surface area contributed by atoms with Gasteiger partial charge in [0.1, 0.15) is 6.07 Å². The van der Waals surface area contributed by atoms with Crippen molar-refractivity contribution in [1.29, 1.82) is 5.26 Å². The number of hydrogen-bond donors (Lipinski definition) is 0. The highest BCUT2D eigenvalue weighted by molar-refractivity contribution is 5.90. The van der Waals surface area contributed by atoms with Crippen LogP contribution in [0.15, 0.2) is 24.3 Å². The van der Waals surface area contributed by atoms with E-state index >= 15 is 0 Å². The second-order valence-corrected chi connectivity index (χ2v) is 5.00. The number of nitriles is 1. The Morgan fingerprint density at radius 2 is 2.04 bits per heavy atom. The van der Waals surface area contributed by atoms with Crippen LogP contribution < -0.4 is 9.47 Å². The van der Waals surface area contributed by atoms with Crippen molar-refractivity contribution in [2.45, 2.75) is 13.0 Å². The van der Waals surface area contributed by atoms with Crippen molar-refractivity contribution in [3.63, 3.8) is 0 Å². The molecule has 7 heteroatoms. The zero-order chi connectivity index (χ0) is 18.1. The van der Waals surface area contributed by atoms with Gasteiger partial charge in [0.2, 0.25) is 0 Å². The number of carbonyl (C=O) groups excluding carboxylic acids is 2. The molecule has 0 fully saturated rings. The molecule has 0 N–H and O–H groups in total. The third-order valence-corrected chi connectivity index (χ3v) is 2.97. The Balaban J connectivity index is 2.74. The van der Waals surface area contributed by atoms with E-state index in [0.717, 1.165) is 0 Å². The molecule has 0 radical (unpaired) electrons. The molecule has 0 heterocycles. The molecule has 0 aliphatic carbocycles.